The molecule has 0 aliphatic carbocycles. The fourth-order valence-corrected chi connectivity index (χ4v) is 4.31. The van der Waals surface area contributed by atoms with Gasteiger partial charge in [-0.25, -0.2) is 14.7 Å². The van der Waals surface area contributed by atoms with E-state index in [2.05, 4.69) is 10.3 Å². The molecule has 0 spiro atoms. The predicted octanol–water partition coefficient (Wildman–Crippen LogP) is 2.82. The van der Waals surface area contributed by atoms with Gasteiger partial charge in [0.25, 0.3) is 11.5 Å². The van der Waals surface area contributed by atoms with Crippen LogP contribution in [0.3, 0.4) is 0 Å². The van der Waals surface area contributed by atoms with Gasteiger partial charge >= 0.3 is 6.09 Å². The second-order valence-corrected chi connectivity index (χ2v) is 8.52. The van der Waals surface area contributed by atoms with Crippen LogP contribution in [0.5, 0.6) is 0 Å². The number of thiophene rings is 1. The fourth-order valence-electron chi connectivity index (χ4n) is 2.60. The zero-order chi connectivity index (χ0) is 22.2. The van der Waals surface area contributed by atoms with Crippen molar-refractivity contribution in [3.05, 3.63) is 67.2 Å². The van der Waals surface area contributed by atoms with E-state index in [1.54, 1.807) is 18.2 Å². The Morgan fingerprint density at radius 2 is 2.24 bits per heavy atom. The van der Waals surface area contributed by atoms with Crippen LogP contribution in [0.25, 0.3) is 0 Å². The number of anilines is 1. The number of aromatic nitrogens is 2. The number of carbonyl (C=O) groups is 2. The molecule has 0 saturated carbocycles. The molecule has 0 radical (unpaired) electrons. The average Bonchev–Trinajstić information content (AvgIpc) is 3.46. The summed E-state index contributed by atoms with van der Waals surface area (Å²) in [6, 6.07) is 7.56. The maximum absolute atomic E-state index is 12.3. The molecule has 1 fully saturated rings. The lowest BCUT2D eigenvalue weighted by Crippen LogP contribution is -2.34. The molecule has 4 heterocycles. The van der Waals surface area contributed by atoms with Gasteiger partial charge in [-0.15, -0.1) is 22.7 Å². The summed E-state index contributed by atoms with van der Waals surface area (Å²) >= 11 is 8.04. The Hall–Kier alpha value is -2.69. The number of carbonyl (C=O) groups excluding carboxylic acids is 2. The van der Waals surface area contributed by atoms with Crippen molar-refractivity contribution in [2.45, 2.75) is 12.6 Å². The Balaban J connectivity index is 1.43. The van der Waals surface area contributed by atoms with Gasteiger partial charge in [0.05, 0.1) is 37.2 Å². The highest BCUT2D eigenvalue weighted by Gasteiger charge is 2.34. The third-order valence-electron chi connectivity index (χ3n) is 3.94. The molecular weight excluding hydrogens is 436 g/mol. The Labute approximate surface area is 181 Å². The van der Waals surface area contributed by atoms with Gasteiger partial charge in [-0.05, 0) is 18.2 Å². The first-order valence-electron chi connectivity index (χ1n) is 9.41. The highest BCUT2D eigenvalue weighted by molar-refractivity contribution is 7.18. The highest BCUT2D eigenvalue weighted by Crippen LogP contribution is 2.26. The van der Waals surface area contributed by atoms with Crippen molar-refractivity contribution >= 4 is 51.4 Å². The van der Waals surface area contributed by atoms with Crippen LogP contribution in [0.2, 0.25) is 4.34 Å². The highest BCUT2D eigenvalue weighted by atomic mass is 35.5. The lowest BCUT2D eigenvalue weighted by atomic mass is 10.3. The summed E-state index contributed by atoms with van der Waals surface area (Å²) in [5.41, 5.74) is -0.509. The molecule has 11 heteroatoms. The molecule has 3 aromatic heterocycles. The van der Waals surface area contributed by atoms with Gasteiger partial charge in [0.1, 0.15) is 6.10 Å². The molecule has 1 aliphatic heterocycles. The van der Waals surface area contributed by atoms with E-state index in [1.165, 1.54) is 28.6 Å². The second-order valence-electron chi connectivity index (χ2n) is 5.97. The lowest BCUT2D eigenvalue weighted by Gasteiger charge is -2.09. The number of rotatable bonds is 6. The molecule has 0 aromatic carbocycles. The van der Waals surface area contributed by atoms with Crippen molar-refractivity contribution in [1.82, 2.24) is 14.9 Å². The van der Waals surface area contributed by atoms with E-state index >= 15 is 0 Å². The van der Waals surface area contributed by atoms with E-state index in [0.29, 0.717) is 9.21 Å². The monoisotopic (exact) mass is 452 g/mol. The Morgan fingerprint density at radius 3 is 3.00 bits per heavy atom. The Bertz CT molecular complexity index is 1190. The molecule has 150 valence electrons. The minimum absolute atomic E-state index is 0.0000677. The summed E-state index contributed by atoms with van der Waals surface area (Å²) in [7, 11) is 0. The minimum Gasteiger partial charge on any atom is -0.442 e. The van der Waals surface area contributed by atoms with Crippen LogP contribution in [0.15, 0.2) is 46.7 Å². The smallest absolute Gasteiger partial charge is 0.416 e. The fraction of sp³-hybridized carbons (Fsp3) is 0.222. The van der Waals surface area contributed by atoms with E-state index in [-0.39, 0.29) is 29.8 Å². The predicted molar refractivity (Wildman–Crippen MR) is 111 cm³/mol. The van der Waals surface area contributed by atoms with Gasteiger partial charge in [-0.1, -0.05) is 17.7 Å². The first kappa shape index (κ1) is 17.2. The first-order valence-corrected chi connectivity index (χ1v) is 10.5. The molecule has 1 atom stereocenters. The van der Waals surface area contributed by atoms with Crippen molar-refractivity contribution in [3.8, 4) is 0 Å². The van der Waals surface area contributed by atoms with Crippen molar-refractivity contribution in [1.29, 1.82) is 0 Å². The van der Waals surface area contributed by atoms with Crippen molar-refractivity contribution < 1.29 is 17.1 Å². The number of cyclic esters (lactones) is 1. The van der Waals surface area contributed by atoms with Gasteiger partial charge in [0.15, 0.2) is 5.13 Å². The number of hydrogen-bond donors (Lipinski definition) is 1. The summed E-state index contributed by atoms with van der Waals surface area (Å²) < 4.78 is 23.3. The van der Waals surface area contributed by atoms with Crippen LogP contribution < -0.4 is 15.8 Å². The third kappa shape index (κ3) is 4.50. The number of nitrogens with zero attached hydrogens (tertiary/aromatic N) is 3. The van der Waals surface area contributed by atoms with Crippen LogP contribution in [0.4, 0.5) is 9.93 Å². The first-order chi connectivity index (χ1) is 14.8. The lowest BCUT2D eigenvalue weighted by molar-refractivity contribution is 0.0920. The van der Waals surface area contributed by atoms with Gasteiger partial charge in [-0.2, -0.15) is 0 Å². The molecule has 0 unspecified atom stereocenters. The van der Waals surface area contributed by atoms with Crippen LogP contribution >= 0.6 is 34.3 Å². The van der Waals surface area contributed by atoms with Gasteiger partial charge in [0.2, 0.25) is 0 Å². The summed E-state index contributed by atoms with van der Waals surface area (Å²) in [6.07, 6.45) is 0.106. The minimum atomic E-state index is -2.19. The SMILES string of the molecule is [2H]C([2H])(c1csc(N2C[C@H](CNC(=O)c3ccc(Cl)s3)OC2=O)n1)n1ccccc1=O. The summed E-state index contributed by atoms with van der Waals surface area (Å²) in [5, 5.41) is 4.40. The number of hydrogen-bond acceptors (Lipinski definition) is 7. The molecule has 29 heavy (non-hydrogen) atoms. The average molecular weight is 453 g/mol. The second kappa shape index (κ2) is 8.36. The molecule has 8 nitrogen and oxygen atoms in total. The quantitative estimate of drug-likeness (QED) is 0.620. The number of nitrogens with one attached hydrogen (secondary N) is 1. The van der Waals surface area contributed by atoms with Crippen LogP contribution in [0.1, 0.15) is 18.1 Å². The summed E-state index contributed by atoms with van der Waals surface area (Å²) in [4.78, 5) is 42.4. The standard InChI is InChI=1S/C18H15ClN4O4S2/c19-14-5-4-13(29-14)16(25)20-7-12-9-23(18(26)27-12)17-21-11(10-28-17)8-22-6-2-1-3-15(22)24/h1-6,10,12H,7-9H2,(H,20,25)/t12-/m0/s1/i8D2. The maximum Gasteiger partial charge on any atom is 0.416 e. The topological polar surface area (TPSA) is 93.5 Å². The van der Waals surface area contributed by atoms with E-state index in [9.17, 15) is 14.4 Å². The molecule has 3 aromatic rings. The third-order valence-corrected chi connectivity index (χ3v) is 6.04. The number of amides is 2. The summed E-state index contributed by atoms with van der Waals surface area (Å²) in [5.74, 6) is -0.315. The molecule has 0 bridgehead atoms. The van der Waals surface area contributed by atoms with Gasteiger partial charge < -0.3 is 14.6 Å². The molecule has 2 amide bonds. The maximum atomic E-state index is 12.3. The zero-order valence-corrected chi connectivity index (χ0v) is 17.1. The number of halogens is 1. The Morgan fingerprint density at radius 1 is 1.38 bits per heavy atom. The molecule has 4 rings (SSSR count). The largest absolute Gasteiger partial charge is 0.442 e. The molecule has 1 aliphatic rings. The number of pyridine rings is 1. The Kier molecular flexibility index (Phi) is 4.95. The van der Waals surface area contributed by atoms with E-state index in [1.807, 2.05) is 0 Å². The van der Waals surface area contributed by atoms with E-state index in [4.69, 9.17) is 19.1 Å². The van der Waals surface area contributed by atoms with E-state index < -0.39 is 24.3 Å². The van der Waals surface area contributed by atoms with Gasteiger partial charge in [0, 0.05) is 17.6 Å². The number of thiazole rings is 1. The van der Waals surface area contributed by atoms with Crippen molar-refractivity contribution in [2.24, 2.45) is 0 Å². The van der Waals surface area contributed by atoms with Crippen molar-refractivity contribution in [2.75, 3.05) is 18.0 Å². The van der Waals surface area contributed by atoms with Gasteiger partial charge in [-0.3, -0.25) is 9.59 Å². The zero-order valence-electron chi connectivity index (χ0n) is 16.7. The van der Waals surface area contributed by atoms with Crippen LogP contribution in [-0.4, -0.2) is 40.7 Å². The van der Waals surface area contributed by atoms with Crippen LogP contribution in [0, 0.1) is 0 Å². The summed E-state index contributed by atoms with van der Waals surface area (Å²) in [6.45, 7) is -1.94. The molecular formula is C18H15ClN4O4S2. The molecule has 1 saturated heterocycles. The normalized spacial score (nSPS) is 17.6. The number of ether oxygens (including phenoxy) is 1. The van der Waals surface area contributed by atoms with Crippen LogP contribution in [-0.2, 0) is 11.2 Å². The van der Waals surface area contributed by atoms with Crippen molar-refractivity contribution in [3.63, 3.8) is 0 Å². The molecule has 1 N–H and O–H groups in total. The van der Waals surface area contributed by atoms with E-state index in [0.717, 1.165) is 27.2 Å².